The predicted octanol–water partition coefficient (Wildman–Crippen LogP) is 1.68. The van der Waals surface area contributed by atoms with Gasteiger partial charge >= 0.3 is 0 Å². The fraction of sp³-hybridized carbons (Fsp3) is 0.778. The van der Waals surface area contributed by atoms with Gasteiger partial charge in [0.15, 0.2) is 11.0 Å². The van der Waals surface area contributed by atoms with E-state index in [4.69, 9.17) is 11.6 Å². The van der Waals surface area contributed by atoms with E-state index in [2.05, 4.69) is 13.6 Å². The molecule has 1 aromatic rings. The first-order chi connectivity index (χ1) is 7.25. The first kappa shape index (κ1) is 9.81. The summed E-state index contributed by atoms with van der Waals surface area (Å²) in [5, 5.41) is 10.2. The van der Waals surface area contributed by atoms with Crippen molar-refractivity contribution in [2.24, 2.45) is 0 Å². The zero-order chi connectivity index (χ0) is 10.4. The number of piperidine rings is 1. The molecule has 1 aromatic heterocycles. The number of aromatic nitrogens is 2. The molecule has 0 aliphatic carbocycles. The molecule has 0 saturated carbocycles. The van der Waals surface area contributed by atoms with Crippen molar-refractivity contribution >= 4 is 29.1 Å². The van der Waals surface area contributed by atoms with E-state index in [0.717, 1.165) is 43.2 Å². The molecule has 0 spiro atoms. The van der Waals surface area contributed by atoms with Crippen molar-refractivity contribution in [1.82, 2.24) is 8.75 Å². The maximum Gasteiger partial charge on any atom is 0.187 e. The summed E-state index contributed by atoms with van der Waals surface area (Å²) in [6, 6.07) is 0.806. The van der Waals surface area contributed by atoms with Crippen molar-refractivity contribution in [2.75, 3.05) is 4.90 Å². The van der Waals surface area contributed by atoms with Crippen LogP contribution in [-0.2, 0) is 0 Å². The number of halogens is 1. The van der Waals surface area contributed by atoms with Gasteiger partial charge < -0.3 is 10.0 Å². The van der Waals surface area contributed by atoms with Crippen LogP contribution in [0, 0.1) is 0 Å². The van der Waals surface area contributed by atoms with E-state index < -0.39 is 0 Å². The van der Waals surface area contributed by atoms with Gasteiger partial charge in [0.1, 0.15) is 0 Å². The lowest BCUT2D eigenvalue weighted by Gasteiger charge is -2.37. The average molecular weight is 246 g/mol. The fourth-order valence-corrected chi connectivity index (χ4v) is 3.56. The van der Waals surface area contributed by atoms with Gasteiger partial charge in [0.05, 0.1) is 17.8 Å². The third-order valence-corrected chi connectivity index (χ3v) is 4.26. The van der Waals surface area contributed by atoms with Gasteiger partial charge in [-0.15, -0.1) is 0 Å². The van der Waals surface area contributed by atoms with Crippen molar-refractivity contribution in [1.29, 1.82) is 0 Å². The van der Waals surface area contributed by atoms with Gasteiger partial charge in [0, 0.05) is 12.1 Å². The number of rotatable bonds is 1. The van der Waals surface area contributed by atoms with Gasteiger partial charge in [0.25, 0.3) is 0 Å². The van der Waals surface area contributed by atoms with E-state index in [-0.39, 0.29) is 6.10 Å². The Kier molecular flexibility index (Phi) is 2.34. The zero-order valence-corrected chi connectivity index (χ0v) is 9.71. The van der Waals surface area contributed by atoms with Crippen LogP contribution in [0.25, 0.3) is 0 Å². The lowest BCUT2D eigenvalue weighted by Crippen LogP contribution is -2.45. The maximum absolute atomic E-state index is 9.68. The molecule has 15 heavy (non-hydrogen) atoms. The number of aliphatic hydroxyl groups excluding tert-OH is 1. The second kappa shape index (κ2) is 3.57. The minimum atomic E-state index is -0.149. The van der Waals surface area contributed by atoms with Crippen molar-refractivity contribution in [3.63, 3.8) is 0 Å². The van der Waals surface area contributed by atoms with Gasteiger partial charge in [-0.25, -0.2) is 0 Å². The highest BCUT2D eigenvalue weighted by atomic mass is 35.5. The minimum absolute atomic E-state index is 0.149. The topological polar surface area (TPSA) is 49.2 Å². The van der Waals surface area contributed by atoms with Gasteiger partial charge in [-0.2, -0.15) is 8.75 Å². The molecule has 3 atom stereocenters. The summed E-state index contributed by atoms with van der Waals surface area (Å²) in [6.07, 6.45) is 3.80. The molecule has 6 heteroatoms. The molecular formula is C9H12ClN3OS. The molecular weight excluding hydrogens is 234 g/mol. The number of aliphatic hydroxyl groups is 1. The lowest BCUT2D eigenvalue weighted by molar-refractivity contribution is 0.126. The van der Waals surface area contributed by atoms with E-state index in [1.54, 1.807) is 0 Å². The largest absolute Gasteiger partial charge is 0.393 e. The Balaban J connectivity index is 1.92. The number of hydrogen-bond donors (Lipinski definition) is 1. The molecule has 1 unspecified atom stereocenters. The van der Waals surface area contributed by atoms with Crippen LogP contribution in [-0.4, -0.2) is 32.0 Å². The molecule has 2 aliphatic rings. The van der Waals surface area contributed by atoms with Crippen LogP contribution in [0.2, 0.25) is 5.15 Å². The number of nitrogens with zero attached hydrogens (tertiary/aromatic N) is 3. The average Bonchev–Trinajstić information content (AvgIpc) is 2.69. The number of hydrogen-bond acceptors (Lipinski definition) is 5. The van der Waals surface area contributed by atoms with Gasteiger partial charge in [-0.1, -0.05) is 11.6 Å². The summed E-state index contributed by atoms with van der Waals surface area (Å²) >= 11 is 7.16. The first-order valence-electron chi connectivity index (χ1n) is 5.20. The van der Waals surface area contributed by atoms with Crippen LogP contribution in [0.15, 0.2) is 0 Å². The smallest absolute Gasteiger partial charge is 0.187 e. The predicted molar refractivity (Wildman–Crippen MR) is 59.4 cm³/mol. The SMILES string of the molecule is OC1C[C@H]2CC[C@@H](C1)N2c1nsnc1Cl. The second-order valence-corrected chi connectivity index (χ2v) is 5.18. The van der Waals surface area contributed by atoms with E-state index in [9.17, 15) is 5.11 Å². The van der Waals surface area contributed by atoms with Crippen LogP contribution in [0.5, 0.6) is 0 Å². The van der Waals surface area contributed by atoms with Crippen LogP contribution in [0.4, 0.5) is 5.82 Å². The Labute approximate surface area is 97.2 Å². The van der Waals surface area contributed by atoms with Gasteiger partial charge in [0.2, 0.25) is 0 Å². The van der Waals surface area contributed by atoms with E-state index in [1.807, 2.05) is 0 Å². The molecule has 3 heterocycles. The normalized spacial score (nSPS) is 34.8. The van der Waals surface area contributed by atoms with Crippen molar-refractivity contribution in [2.45, 2.75) is 43.9 Å². The second-order valence-electron chi connectivity index (χ2n) is 4.30. The van der Waals surface area contributed by atoms with Crippen LogP contribution < -0.4 is 4.90 Å². The molecule has 3 rings (SSSR count). The first-order valence-corrected chi connectivity index (χ1v) is 6.31. The Hall–Kier alpha value is -0.390. The highest BCUT2D eigenvalue weighted by molar-refractivity contribution is 6.99. The fourth-order valence-electron chi connectivity index (χ4n) is 2.82. The van der Waals surface area contributed by atoms with E-state index in [0.29, 0.717) is 17.2 Å². The van der Waals surface area contributed by atoms with Gasteiger partial charge in [-0.3, -0.25) is 0 Å². The van der Waals surface area contributed by atoms with Crippen molar-refractivity contribution in [3.8, 4) is 0 Å². The van der Waals surface area contributed by atoms with Crippen molar-refractivity contribution < 1.29 is 5.11 Å². The number of anilines is 1. The summed E-state index contributed by atoms with van der Waals surface area (Å²) in [5.74, 6) is 0.820. The lowest BCUT2D eigenvalue weighted by atomic mass is 10.0. The molecule has 4 nitrogen and oxygen atoms in total. The Morgan fingerprint density at radius 2 is 1.93 bits per heavy atom. The molecule has 0 aromatic carbocycles. The molecule has 2 bridgehead atoms. The van der Waals surface area contributed by atoms with Crippen molar-refractivity contribution in [3.05, 3.63) is 5.15 Å². The quantitative estimate of drug-likeness (QED) is 0.818. The number of fused-ring (bicyclic) bond motifs is 2. The Bertz CT molecular complexity index is 358. The van der Waals surface area contributed by atoms with Gasteiger partial charge in [-0.05, 0) is 25.7 Å². The summed E-state index contributed by atoms with van der Waals surface area (Å²) in [6.45, 7) is 0. The standard InChI is InChI=1S/C9H12ClN3OS/c10-8-9(12-15-11-8)13-5-1-2-6(13)4-7(14)3-5/h5-7,14H,1-4H2/t5-,6+,7?. The third-order valence-electron chi connectivity index (χ3n) is 3.39. The Morgan fingerprint density at radius 3 is 2.47 bits per heavy atom. The monoisotopic (exact) mass is 245 g/mol. The molecule has 0 radical (unpaired) electrons. The maximum atomic E-state index is 9.68. The summed E-state index contributed by atoms with van der Waals surface area (Å²) < 4.78 is 8.25. The minimum Gasteiger partial charge on any atom is -0.393 e. The molecule has 1 N–H and O–H groups in total. The van der Waals surface area contributed by atoms with E-state index >= 15 is 0 Å². The highest BCUT2D eigenvalue weighted by Gasteiger charge is 2.42. The van der Waals surface area contributed by atoms with Crippen LogP contribution in [0.3, 0.4) is 0 Å². The molecule has 2 fully saturated rings. The molecule has 2 aliphatic heterocycles. The summed E-state index contributed by atoms with van der Waals surface area (Å²) in [4.78, 5) is 2.26. The Morgan fingerprint density at radius 1 is 1.27 bits per heavy atom. The summed E-state index contributed by atoms with van der Waals surface area (Å²) in [7, 11) is 0. The van der Waals surface area contributed by atoms with Crippen LogP contribution in [0.1, 0.15) is 25.7 Å². The van der Waals surface area contributed by atoms with E-state index in [1.165, 1.54) is 0 Å². The summed E-state index contributed by atoms with van der Waals surface area (Å²) in [5.41, 5.74) is 0. The zero-order valence-electron chi connectivity index (χ0n) is 8.14. The van der Waals surface area contributed by atoms with Crippen LogP contribution >= 0.6 is 23.3 Å². The molecule has 82 valence electrons. The third kappa shape index (κ3) is 1.53. The molecule has 0 amide bonds. The highest BCUT2D eigenvalue weighted by Crippen LogP contribution is 2.40. The molecule has 2 saturated heterocycles.